The first-order valence-corrected chi connectivity index (χ1v) is 11.5. The van der Waals surface area contributed by atoms with Crippen molar-refractivity contribution in [1.82, 2.24) is 4.57 Å². The number of nitrogens with zero attached hydrogens (tertiary/aromatic N) is 3. The predicted octanol–water partition coefficient (Wildman–Crippen LogP) is 6.39. The van der Waals surface area contributed by atoms with Gasteiger partial charge in [0.05, 0.1) is 29.7 Å². The molecule has 0 aliphatic carbocycles. The zero-order valence-electron chi connectivity index (χ0n) is 18.8. The van der Waals surface area contributed by atoms with Crippen LogP contribution in [0.1, 0.15) is 11.1 Å². The predicted molar refractivity (Wildman–Crippen MR) is 143 cm³/mol. The summed E-state index contributed by atoms with van der Waals surface area (Å²) in [5.41, 5.74) is 2.58. The summed E-state index contributed by atoms with van der Waals surface area (Å²) in [4.78, 5) is 13.3. The molecule has 0 spiro atoms. The second kappa shape index (κ2) is 9.87. The number of fused-ring (bicyclic) bond motifs is 1. The molecule has 6 heteroatoms. The first-order valence-electron chi connectivity index (χ1n) is 11.1. The lowest BCUT2D eigenvalue weighted by Crippen LogP contribution is -2.21. The SMILES string of the molecule is O=c1c2ccccc2c(C=NN(Cc2ccccc2)c2ccccc2)c(O)n1-c1cccc(Cl)c1. The van der Waals surface area contributed by atoms with E-state index in [-0.39, 0.29) is 11.4 Å². The number of aromatic nitrogens is 1. The van der Waals surface area contributed by atoms with Gasteiger partial charge >= 0.3 is 0 Å². The minimum Gasteiger partial charge on any atom is -0.494 e. The van der Waals surface area contributed by atoms with E-state index in [2.05, 4.69) is 0 Å². The fourth-order valence-corrected chi connectivity index (χ4v) is 4.21. The van der Waals surface area contributed by atoms with Gasteiger partial charge in [0.1, 0.15) is 0 Å². The molecular formula is C29H22ClN3O2. The van der Waals surface area contributed by atoms with Crippen molar-refractivity contribution < 1.29 is 5.11 Å². The quantitative estimate of drug-likeness (QED) is 0.227. The fourth-order valence-electron chi connectivity index (χ4n) is 4.03. The number of anilines is 1. The molecule has 0 aliphatic rings. The topological polar surface area (TPSA) is 57.8 Å². The third-order valence-electron chi connectivity index (χ3n) is 5.73. The molecule has 0 atom stereocenters. The number of pyridine rings is 1. The van der Waals surface area contributed by atoms with Gasteiger partial charge in [-0.3, -0.25) is 9.80 Å². The number of hydrogen-bond acceptors (Lipinski definition) is 4. The molecular weight excluding hydrogens is 458 g/mol. The maximum Gasteiger partial charge on any atom is 0.265 e. The Balaban J connectivity index is 1.66. The van der Waals surface area contributed by atoms with Gasteiger partial charge < -0.3 is 5.11 Å². The summed E-state index contributed by atoms with van der Waals surface area (Å²) in [6.45, 7) is 0.536. The highest BCUT2D eigenvalue weighted by atomic mass is 35.5. The number of para-hydroxylation sites is 1. The van der Waals surface area contributed by atoms with Crippen molar-refractivity contribution in [2.24, 2.45) is 5.10 Å². The molecule has 5 rings (SSSR count). The molecule has 0 saturated carbocycles. The third kappa shape index (κ3) is 4.67. The van der Waals surface area contributed by atoms with Crippen LogP contribution in [0.15, 0.2) is 119 Å². The Hall–Kier alpha value is -4.35. The van der Waals surface area contributed by atoms with Crippen LogP contribution >= 0.6 is 11.6 Å². The van der Waals surface area contributed by atoms with Crippen molar-refractivity contribution in [3.63, 3.8) is 0 Å². The molecule has 1 heterocycles. The number of benzene rings is 4. The molecule has 0 unspecified atom stereocenters. The second-order valence-electron chi connectivity index (χ2n) is 8.03. The molecule has 1 aromatic heterocycles. The zero-order chi connectivity index (χ0) is 24.2. The highest BCUT2D eigenvalue weighted by Crippen LogP contribution is 2.27. The summed E-state index contributed by atoms with van der Waals surface area (Å²) >= 11 is 6.18. The summed E-state index contributed by atoms with van der Waals surface area (Å²) < 4.78 is 1.26. The van der Waals surface area contributed by atoms with E-state index in [1.54, 1.807) is 42.6 Å². The summed E-state index contributed by atoms with van der Waals surface area (Å²) in [6, 6.07) is 33.9. The van der Waals surface area contributed by atoms with Gasteiger partial charge in [-0.15, -0.1) is 0 Å². The summed E-state index contributed by atoms with van der Waals surface area (Å²) in [7, 11) is 0. The van der Waals surface area contributed by atoms with Crippen LogP contribution in [0.2, 0.25) is 5.02 Å². The van der Waals surface area contributed by atoms with Gasteiger partial charge in [-0.25, -0.2) is 4.57 Å². The fraction of sp³-hybridized carbons (Fsp3) is 0.0345. The maximum absolute atomic E-state index is 13.3. The Morgan fingerprint density at radius 1 is 0.829 bits per heavy atom. The average Bonchev–Trinajstić information content (AvgIpc) is 2.89. The molecule has 35 heavy (non-hydrogen) atoms. The highest BCUT2D eigenvalue weighted by Gasteiger charge is 2.17. The number of halogens is 1. The largest absolute Gasteiger partial charge is 0.494 e. The molecule has 0 aliphatic heterocycles. The van der Waals surface area contributed by atoms with Crippen LogP contribution in [0.5, 0.6) is 5.88 Å². The normalized spacial score (nSPS) is 11.2. The van der Waals surface area contributed by atoms with E-state index < -0.39 is 0 Å². The monoisotopic (exact) mass is 479 g/mol. The van der Waals surface area contributed by atoms with Crippen molar-refractivity contribution in [1.29, 1.82) is 0 Å². The lowest BCUT2D eigenvalue weighted by Gasteiger charge is -2.20. The number of aromatic hydroxyl groups is 1. The van der Waals surface area contributed by atoms with Crippen molar-refractivity contribution in [3.05, 3.63) is 136 Å². The molecule has 5 aromatic rings. The van der Waals surface area contributed by atoms with Crippen molar-refractivity contribution in [3.8, 4) is 11.6 Å². The van der Waals surface area contributed by atoms with Gasteiger partial charge in [0.2, 0.25) is 5.88 Å². The molecule has 5 nitrogen and oxygen atoms in total. The van der Waals surface area contributed by atoms with E-state index in [0.29, 0.717) is 33.6 Å². The molecule has 0 fully saturated rings. The van der Waals surface area contributed by atoms with E-state index in [1.807, 2.05) is 77.8 Å². The minimum atomic E-state index is -0.332. The smallest absolute Gasteiger partial charge is 0.265 e. The van der Waals surface area contributed by atoms with E-state index in [1.165, 1.54) is 4.57 Å². The Labute approximate surface area is 207 Å². The third-order valence-corrected chi connectivity index (χ3v) is 5.96. The highest BCUT2D eigenvalue weighted by molar-refractivity contribution is 6.30. The molecule has 0 amide bonds. The van der Waals surface area contributed by atoms with Crippen molar-refractivity contribution >= 4 is 34.3 Å². The van der Waals surface area contributed by atoms with Crippen LogP contribution in [-0.2, 0) is 6.54 Å². The van der Waals surface area contributed by atoms with E-state index >= 15 is 0 Å². The van der Waals surface area contributed by atoms with Crippen LogP contribution in [-0.4, -0.2) is 15.9 Å². The first kappa shape index (κ1) is 22.4. The minimum absolute atomic E-state index is 0.201. The Bertz CT molecular complexity index is 1560. The second-order valence-corrected chi connectivity index (χ2v) is 8.46. The van der Waals surface area contributed by atoms with E-state index in [0.717, 1.165) is 11.3 Å². The van der Waals surface area contributed by atoms with Gasteiger partial charge in [0, 0.05) is 15.8 Å². The molecule has 0 bridgehead atoms. The molecule has 0 radical (unpaired) electrons. The summed E-state index contributed by atoms with van der Waals surface area (Å²) in [5.74, 6) is -0.201. The average molecular weight is 480 g/mol. The lowest BCUT2D eigenvalue weighted by atomic mass is 10.1. The Morgan fingerprint density at radius 2 is 1.49 bits per heavy atom. The first-order chi connectivity index (χ1) is 17.1. The molecule has 4 aromatic carbocycles. The van der Waals surface area contributed by atoms with Crippen LogP contribution in [0.25, 0.3) is 16.5 Å². The van der Waals surface area contributed by atoms with Gasteiger partial charge in [-0.2, -0.15) is 5.10 Å². The Morgan fingerprint density at radius 3 is 2.20 bits per heavy atom. The van der Waals surface area contributed by atoms with Gasteiger partial charge in [-0.1, -0.05) is 84.4 Å². The van der Waals surface area contributed by atoms with Crippen molar-refractivity contribution in [2.75, 3.05) is 5.01 Å². The van der Waals surface area contributed by atoms with Gasteiger partial charge in [0.25, 0.3) is 5.56 Å². The zero-order valence-corrected chi connectivity index (χ0v) is 19.5. The van der Waals surface area contributed by atoms with Gasteiger partial charge in [0.15, 0.2) is 0 Å². The Kier molecular flexibility index (Phi) is 6.33. The molecule has 0 saturated heterocycles. The number of hydrazone groups is 1. The molecule has 1 N–H and O–H groups in total. The maximum atomic E-state index is 13.3. The standard InChI is InChI=1S/C29H22ClN3O2/c30-22-12-9-15-24(18-22)33-28(34)26-17-8-7-16-25(26)27(29(33)35)19-31-32(23-13-5-2-6-14-23)20-21-10-3-1-4-11-21/h1-19,35H,20H2. The van der Waals surface area contributed by atoms with Crippen LogP contribution in [0.3, 0.4) is 0 Å². The number of rotatable bonds is 6. The van der Waals surface area contributed by atoms with Crippen LogP contribution in [0, 0.1) is 0 Å². The lowest BCUT2D eigenvalue weighted by molar-refractivity contribution is 0.436. The van der Waals surface area contributed by atoms with Gasteiger partial charge in [-0.05, 0) is 42.0 Å². The summed E-state index contributed by atoms with van der Waals surface area (Å²) in [5, 5.41) is 19.5. The van der Waals surface area contributed by atoms with E-state index in [9.17, 15) is 9.90 Å². The summed E-state index contributed by atoms with van der Waals surface area (Å²) in [6.07, 6.45) is 1.61. The van der Waals surface area contributed by atoms with Crippen molar-refractivity contribution in [2.45, 2.75) is 6.54 Å². The number of hydrogen-bond donors (Lipinski definition) is 1. The van der Waals surface area contributed by atoms with Crippen LogP contribution < -0.4 is 10.6 Å². The molecule has 172 valence electrons. The van der Waals surface area contributed by atoms with E-state index in [4.69, 9.17) is 16.7 Å². The van der Waals surface area contributed by atoms with Crippen LogP contribution in [0.4, 0.5) is 5.69 Å².